The van der Waals surface area contributed by atoms with Gasteiger partial charge in [-0.3, -0.25) is 4.79 Å². The van der Waals surface area contributed by atoms with Gasteiger partial charge in [-0.25, -0.2) is 0 Å². The molecule has 0 unspecified atom stereocenters. The van der Waals surface area contributed by atoms with Crippen LogP contribution in [0.2, 0.25) is 10.0 Å². The van der Waals surface area contributed by atoms with Crippen molar-refractivity contribution >= 4 is 52.2 Å². The fourth-order valence-electron chi connectivity index (χ4n) is 1.67. The van der Waals surface area contributed by atoms with E-state index in [1.165, 1.54) is 0 Å². The molecule has 0 aromatic heterocycles. The number of rotatable bonds is 5. The molecule has 6 heteroatoms. The molecule has 0 fully saturated rings. The Hall–Kier alpha value is -1.36. The van der Waals surface area contributed by atoms with Crippen LogP contribution in [0.4, 0.5) is 11.4 Å². The van der Waals surface area contributed by atoms with Crippen LogP contribution < -0.4 is 11.1 Å². The Morgan fingerprint density at radius 2 is 1.90 bits per heavy atom. The van der Waals surface area contributed by atoms with Gasteiger partial charge in [-0.15, -0.1) is 11.8 Å². The summed E-state index contributed by atoms with van der Waals surface area (Å²) in [5.41, 5.74) is 6.82. The zero-order valence-corrected chi connectivity index (χ0v) is 13.4. The number of carbonyl (C=O) groups excluding carboxylic acids is 1. The van der Waals surface area contributed by atoms with E-state index in [9.17, 15) is 4.79 Å². The molecule has 2 aromatic rings. The SMILES string of the molecule is Nc1ccc(Cl)cc1NC(=O)CCSc1cccc(Cl)c1. The van der Waals surface area contributed by atoms with E-state index in [0.717, 1.165) is 4.90 Å². The Balaban J connectivity index is 1.84. The van der Waals surface area contributed by atoms with Gasteiger partial charge in [0.2, 0.25) is 5.91 Å². The van der Waals surface area contributed by atoms with Gasteiger partial charge in [0.15, 0.2) is 0 Å². The molecule has 2 rings (SSSR count). The number of hydrogen-bond acceptors (Lipinski definition) is 3. The van der Waals surface area contributed by atoms with Crippen molar-refractivity contribution in [2.75, 3.05) is 16.8 Å². The van der Waals surface area contributed by atoms with Crippen LogP contribution in [0.3, 0.4) is 0 Å². The molecule has 2 aromatic carbocycles. The van der Waals surface area contributed by atoms with Gasteiger partial charge in [0, 0.05) is 27.1 Å². The van der Waals surface area contributed by atoms with Crippen LogP contribution in [0.25, 0.3) is 0 Å². The molecular formula is C15H14Cl2N2OS. The van der Waals surface area contributed by atoms with Gasteiger partial charge < -0.3 is 11.1 Å². The number of carbonyl (C=O) groups is 1. The fourth-order valence-corrected chi connectivity index (χ4v) is 3.00. The summed E-state index contributed by atoms with van der Waals surface area (Å²) in [5, 5.41) is 3.99. The number of nitrogens with two attached hydrogens (primary N) is 1. The summed E-state index contributed by atoms with van der Waals surface area (Å²) in [6, 6.07) is 12.5. The maximum atomic E-state index is 11.9. The minimum Gasteiger partial charge on any atom is -0.397 e. The largest absolute Gasteiger partial charge is 0.397 e. The van der Waals surface area contributed by atoms with Crippen LogP contribution in [0.5, 0.6) is 0 Å². The van der Waals surface area contributed by atoms with Crippen molar-refractivity contribution in [1.82, 2.24) is 0 Å². The molecule has 0 saturated carbocycles. The van der Waals surface area contributed by atoms with Gasteiger partial charge in [-0.2, -0.15) is 0 Å². The van der Waals surface area contributed by atoms with Crippen molar-refractivity contribution in [3.8, 4) is 0 Å². The normalized spacial score (nSPS) is 10.4. The van der Waals surface area contributed by atoms with E-state index < -0.39 is 0 Å². The number of nitrogen functional groups attached to an aromatic ring is 1. The minimum absolute atomic E-state index is 0.0986. The highest BCUT2D eigenvalue weighted by Crippen LogP contribution is 2.24. The van der Waals surface area contributed by atoms with Crippen molar-refractivity contribution in [2.24, 2.45) is 0 Å². The highest BCUT2D eigenvalue weighted by atomic mass is 35.5. The summed E-state index contributed by atoms with van der Waals surface area (Å²) in [4.78, 5) is 12.9. The van der Waals surface area contributed by atoms with Crippen LogP contribution in [0, 0.1) is 0 Å². The Morgan fingerprint density at radius 1 is 1.14 bits per heavy atom. The summed E-state index contributed by atoms with van der Waals surface area (Å²) in [5.74, 6) is 0.561. The van der Waals surface area contributed by atoms with Gasteiger partial charge in [0.25, 0.3) is 0 Å². The highest BCUT2D eigenvalue weighted by molar-refractivity contribution is 7.99. The quantitative estimate of drug-likeness (QED) is 0.612. The molecule has 1 amide bonds. The molecule has 0 bridgehead atoms. The predicted molar refractivity (Wildman–Crippen MR) is 91.3 cm³/mol. The second kappa shape index (κ2) is 7.59. The number of amides is 1. The number of nitrogens with one attached hydrogen (secondary N) is 1. The van der Waals surface area contributed by atoms with E-state index in [4.69, 9.17) is 28.9 Å². The number of benzene rings is 2. The van der Waals surface area contributed by atoms with E-state index >= 15 is 0 Å². The van der Waals surface area contributed by atoms with E-state index in [-0.39, 0.29) is 5.91 Å². The van der Waals surface area contributed by atoms with Crippen LogP contribution in [0.15, 0.2) is 47.4 Å². The third-order valence-corrected chi connectivity index (χ3v) is 4.15. The van der Waals surface area contributed by atoms with Crippen LogP contribution in [-0.2, 0) is 4.79 Å². The first-order valence-electron chi connectivity index (χ1n) is 6.28. The van der Waals surface area contributed by atoms with Crippen molar-refractivity contribution < 1.29 is 4.79 Å². The molecule has 0 aliphatic carbocycles. The standard InChI is InChI=1S/C15H14Cl2N2OS/c16-10-2-1-3-12(8-10)21-7-6-15(20)19-14-9-11(17)4-5-13(14)18/h1-5,8-9H,6-7,18H2,(H,19,20). The average molecular weight is 341 g/mol. The zero-order chi connectivity index (χ0) is 15.2. The molecule has 0 spiro atoms. The van der Waals surface area contributed by atoms with Crippen LogP contribution >= 0.6 is 35.0 Å². The molecule has 0 aliphatic rings. The predicted octanol–water partition coefficient (Wildman–Crippen LogP) is 4.70. The Kier molecular flexibility index (Phi) is 5.79. The summed E-state index contributed by atoms with van der Waals surface area (Å²) in [7, 11) is 0. The van der Waals surface area contributed by atoms with E-state index in [1.54, 1.807) is 30.0 Å². The Morgan fingerprint density at radius 3 is 2.67 bits per heavy atom. The van der Waals surface area contributed by atoms with Crippen LogP contribution in [0.1, 0.15) is 6.42 Å². The minimum atomic E-state index is -0.0986. The van der Waals surface area contributed by atoms with Gasteiger partial charge >= 0.3 is 0 Å². The van der Waals surface area contributed by atoms with Crippen molar-refractivity contribution in [3.05, 3.63) is 52.5 Å². The molecule has 0 heterocycles. The first-order valence-corrected chi connectivity index (χ1v) is 8.02. The van der Waals surface area contributed by atoms with Crippen molar-refractivity contribution in [2.45, 2.75) is 11.3 Å². The first-order chi connectivity index (χ1) is 10.0. The van der Waals surface area contributed by atoms with Gasteiger partial charge in [0.1, 0.15) is 0 Å². The Labute approximate surface area is 137 Å². The number of anilines is 2. The maximum absolute atomic E-state index is 11.9. The summed E-state index contributed by atoms with van der Waals surface area (Å²) < 4.78 is 0. The van der Waals surface area contributed by atoms with E-state index in [1.807, 2.05) is 24.3 Å². The molecule has 0 saturated heterocycles. The van der Waals surface area contributed by atoms with Crippen LogP contribution in [-0.4, -0.2) is 11.7 Å². The fraction of sp³-hybridized carbons (Fsp3) is 0.133. The lowest BCUT2D eigenvalue weighted by Gasteiger charge is -2.08. The molecular weight excluding hydrogens is 327 g/mol. The Bertz CT molecular complexity index is 649. The van der Waals surface area contributed by atoms with Crippen molar-refractivity contribution in [3.63, 3.8) is 0 Å². The molecule has 21 heavy (non-hydrogen) atoms. The first kappa shape index (κ1) is 16.0. The summed E-state index contributed by atoms with van der Waals surface area (Å²) >= 11 is 13.4. The zero-order valence-electron chi connectivity index (χ0n) is 11.1. The monoisotopic (exact) mass is 340 g/mol. The molecule has 3 nitrogen and oxygen atoms in total. The van der Waals surface area contributed by atoms with E-state index in [2.05, 4.69) is 5.32 Å². The average Bonchev–Trinajstić information content (AvgIpc) is 2.43. The number of hydrogen-bond donors (Lipinski definition) is 2. The molecule has 0 aliphatic heterocycles. The topological polar surface area (TPSA) is 55.1 Å². The summed E-state index contributed by atoms with van der Waals surface area (Å²) in [6.07, 6.45) is 0.378. The van der Waals surface area contributed by atoms with Gasteiger partial charge in [-0.05, 0) is 36.4 Å². The van der Waals surface area contributed by atoms with Gasteiger partial charge in [-0.1, -0.05) is 29.3 Å². The molecule has 110 valence electrons. The second-order valence-corrected chi connectivity index (χ2v) is 6.38. The third kappa shape index (κ3) is 5.16. The smallest absolute Gasteiger partial charge is 0.225 e. The number of halogens is 2. The lowest BCUT2D eigenvalue weighted by atomic mass is 10.2. The molecule has 0 radical (unpaired) electrons. The molecule has 0 atom stereocenters. The number of thioether (sulfide) groups is 1. The van der Waals surface area contributed by atoms with E-state index in [0.29, 0.717) is 33.6 Å². The van der Waals surface area contributed by atoms with Crippen molar-refractivity contribution in [1.29, 1.82) is 0 Å². The summed E-state index contributed by atoms with van der Waals surface area (Å²) in [6.45, 7) is 0. The lowest BCUT2D eigenvalue weighted by Crippen LogP contribution is -2.13. The second-order valence-electron chi connectivity index (χ2n) is 4.34. The maximum Gasteiger partial charge on any atom is 0.225 e. The highest BCUT2D eigenvalue weighted by Gasteiger charge is 2.06. The lowest BCUT2D eigenvalue weighted by molar-refractivity contribution is -0.115. The van der Waals surface area contributed by atoms with Gasteiger partial charge in [0.05, 0.1) is 11.4 Å². The molecule has 3 N–H and O–H groups in total. The third-order valence-electron chi connectivity index (χ3n) is 2.68.